The van der Waals surface area contributed by atoms with Crippen molar-refractivity contribution in [3.8, 4) is 5.75 Å². The Bertz CT molecular complexity index is 807. The second-order valence-electron chi connectivity index (χ2n) is 5.54. The van der Waals surface area contributed by atoms with Crippen LogP contribution in [0, 0.1) is 15.9 Å². The molecule has 1 aliphatic carbocycles. The number of carbonyl (C=O) groups is 1. The Hall–Kier alpha value is -2.96. The lowest BCUT2D eigenvalue weighted by molar-refractivity contribution is -0.385. The van der Waals surface area contributed by atoms with Gasteiger partial charge in [-0.2, -0.15) is 0 Å². The number of hydrogen-bond donors (Lipinski definition) is 1. The van der Waals surface area contributed by atoms with Gasteiger partial charge in [-0.3, -0.25) is 14.9 Å². The van der Waals surface area contributed by atoms with E-state index in [4.69, 9.17) is 4.74 Å². The monoisotopic (exact) mass is 330 g/mol. The molecule has 3 rings (SSSR count). The average Bonchev–Trinajstić information content (AvgIpc) is 3.00. The third-order valence-electron chi connectivity index (χ3n) is 3.86. The van der Waals surface area contributed by atoms with Gasteiger partial charge in [0.05, 0.1) is 4.92 Å². The molecule has 0 heterocycles. The number of rotatable bonds is 5. The van der Waals surface area contributed by atoms with Crippen LogP contribution in [-0.4, -0.2) is 17.4 Å². The molecule has 0 saturated heterocycles. The molecule has 1 amide bonds. The molecule has 0 spiro atoms. The van der Waals surface area contributed by atoms with Crippen molar-refractivity contribution in [3.05, 3.63) is 63.5 Å². The standard InChI is InChI=1S/C17H15FN2O4/c18-13-5-7-15(20(22)23)16(9-13)24-10-17(21)19-14-6-4-11-2-1-3-12(11)8-14/h4-9H,1-3,10H2,(H,19,21). The topological polar surface area (TPSA) is 81.5 Å². The number of amides is 1. The number of nitro benzene ring substituents is 1. The molecule has 6 nitrogen and oxygen atoms in total. The fourth-order valence-corrected chi connectivity index (χ4v) is 2.74. The number of nitro groups is 1. The lowest BCUT2D eigenvalue weighted by atomic mass is 10.1. The molecule has 1 N–H and O–H groups in total. The first-order valence-corrected chi connectivity index (χ1v) is 7.51. The maximum absolute atomic E-state index is 13.2. The summed E-state index contributed by atoms with van der Waals surface area (Å²) in [6, 6.07) is 8.58. The van der Waals surface area contributed by atoms with Gasteiger partial charge in [0.2, 0.25) is 5.75 Å². The molecule has 1 aliphatic rings. The molecule has 0 saturated carbocycles. The highest BCUT2D eigenvalue weighted by Crippen LogP contribution is 2.28. The van der Waals surface area contributed by atoms with Crippen LogP contribution in [0.25, 0.3) is 0 Å². The molecule has 2 aromatic rings. The van der Waals surface area contributed by atoms with Crippen LogP contribution in [0.3, 0.4) is 0 Å². The van der Waals surface area contributed by atoms with Crippen molar-refractivity contribution in [2.75, 3.05) is 11.9 Å². The zero-order chi connectivity index (χ0) is 17.1. The highest BCUT2D eigenvalue weighted by molar-refractivity contribution is 5.92. The first-order valence-electron chi connectivity index (χ1n) is 7.51. The third kappa shape index (κ3) is 3.51. The summed E-state index contributed by atoms with van der Waals surface area (Å²) in [7, 11) is 0. The van der Waals surface area contributed by atoms with E-state index in [0.29, 0.717) is 5.69 Å². The number of halogens is 1. The maximum atomic E-state index is 13.2. The summed E-state index contributed by atoms with van der Waals surface area (Å²) in [4.78, 5) is 22.1. The zero-order valence-electron chi connectivity index (χ0n) is 12.8. The Labute approximate surface area is 137 Å². The van der Waals surface area contributed by atoms with E-state index in [-0.39, 0.29) is 11.4 Å². The number of aryl methyl sites for hydroxylation is 2. The number of nitrogens with zero attached hydrogens (tertiary/aromatic N) is 1. The number of benzene rings is 2. The lowest BCUT2D eigenvalue weighted by Crippen LogP contribution is -2.20. The largest absolute Gasteiger partial charge is 0.477 e. The van der Waals surface area contributed by atoms with E-state index in [9.17, 15) is 19.3 Å². The molecule has 0 aliphatic heterocycles. The van der Waals surface area contributed by atoms with Crippen molar-refractivity contribution in [2.45, 2.75) is 19.3 Å². The summed E-state index contributed by atoms with van der Waals surface area (Å²) >= 11 is 0. The molecule has 0 aromatic heterocycles. The highest BCUT2D eigenvalue weighted by atomic mass is 19.1. The van der Waals surface area contributed by atoms with Crippen molar-refractivity contribution >= 4 is 17.3 Å². The van der Waals surface area contributed by atoms with Gasteiger partial charge in [0.25, 0.3) is 5.91 Å². The Morgan fingerprint density at radius 1 is 1.21 bits per heavy atom. The Morgan fingerprint density at radius 2 is 2.00 bits per heavy atom. The van der Waals surface area contributed by atoms with Crippen molar-refractivity contribution in [2.24, 2.45) is 0 Å². The molecular formula is C17H15FN2O4. The molecule has 124 valence electrons. The summed E-state index contributed by atoms with van der Waals surface area (Å²) in [5.41, 5.74) is 2.77. The molecular weight excluding hydrogens is 315 g/mol. The third-order valence-corrected chi connectivity index (χ3v) is 3.86. The van der Waals surface area contributed by atoms with Crippen LogP contribution in [0.2, 0.25) is 0 Å². The van der Waals surface area contributed by atoms with Crippen LogP contribution in [0.1, 0.15) is 17.5 Å². The van der Waals surface area contributed by atoms with Crippen molar-refractivity contribution in [1.82, 2.24) is 0 Å². The lowest BCUT2D eigenvalue weighted by Gasteiger charge is -2.09. The van der Waals surface area contributed by atoms with Gasteiger partial charge < -0.3 is 10.1 Å². The van der Waals surface area contributed by atoms with Gasteiger partial charge in [-0.1, -0.05) is 6.07 Å². The van der Waals surface area contributed by atoms with Gasteiger partial charge in [0.15, 0.2) is 6.61 Å². The Kier molecular flexibility index (Phi) is 4.41. The van der Waals surface area contributed by atoms with Crippen LogP contribution < -0.4 is 10.1 Å². The Balaban J connectivity index is 1.64. The first-order chi connectivity index (χ1) is 11.5. The quantitative estimate of drug-likeness (QED) is 0.674. The molecule has 24 heavy (non-hydrogen) atoms. The summed E-state index contributed by atoms with van der Waals surface area (Å²) in [6.45, 7) is -0.443. The fraction of sp³-hybridized carbons (Fsp3) is 0.235. The maximum Gasteiger partial charge on any atom is 0.311 e. The van der Waals surface area contributed by atoms with Gasteiger partial charge in [-0.05, 0) is 48.6 Å². The molecule has 0 unspecified atom stereocenters. The minimum atomic E-state index is -0.687. The molecule has 2 aromatic carbocycles. The van der Waals surface area contributed by atoms with E-state index in [2.05, 4.69) is 5.32 Å². The van der Waals surface area contributed by atoms with Crippen LogP contribution >= 0.6 is 0 Å². The average molecular weight is 330 g/mol. The van der Waals surface area contributed by atoms with E-state index in [0.717, 1.165) is 37.5 Å². The number of fused-ring (bicyclic) bond motifs is 1. The minimum Gasteiger partial charge on any atom is -0.477 e. The second-order valence-corrected chi connectivity index (χ2v) is 5.54. The van der Waals surface area contributed by atoms with Crippen molar-refractivity contribution in [1.29, 1.82) is 0 Å². The van der Waals surface area contributed by atoms with E-state index in [1.807, 2.05) is 18.2 Å². The number of ether oxygens (including phenoxy) is 1. The summed E-state index contributed by atoms with van der Waals surface area (Å²) in [5, 5.41) is 13.6. The smallest absolute Gasteiger partial charge is 0.311 e. The fourth-order valence-electron chi connectivity index (χ4n) is 2.74. The number of hydrogen-bond acceptors (Lipinski definition) is 4. The number of anilines is 1. The van der Waals surface area contributed by atoms with E-state index < -0.39 is 23.3 Å². The molecule has 0 radical (unpaired) electrons. The number of nitrogens with one attached hydrogen (secondary N) is 1. The van der Waals surface area contributed by atoms with Gasteiger partial charge in [0, 0.05) is 17.8 Å². The number of carbonyl (C=O) groups excluding carboxylic acids is 1. The zero-order valence-corrected chi connectivity index (χ0v) is 12.8. The first kappa shape index (κ1) is 15.9. The van der Waals surface area contributed by atoms with Crippen LogP contribution in [0.15, 0.2) is 36.4 Å². The van der Waals surface area contributed by atoms with Gasteiger partial charge in [-0.25, -0.2) is 4.39 Å². The van der Waals surface area contributed by atoms with Crippen LogP contribution in [0.5, 0.6) is 5.75 Å². The van der Waals surface area contributed by atoms with Gasteiger partial charge in [-0.15, -0.1) is 0 Å². The summed E-state index contributed by atoms with van der Waals surface area (Å²) < 4.78 is 18.3. The van der Waals surface area contributed by atoms with Crippen LogP contribution in [0.4, 0.5) is 15.8 Å². The van der Waals surface area contributed by atoms with E-state index in [1.165, 1.54) is 11.1 Å². The second kappa shape index (κ2) is 6.66. The van der Waals surface area contributed by atoms with Gasteiger partial charge in [0.1, 0.15) is 5.82 Å². The van der Waals surface area contributed by atoms with E-state index >= 15 is 0 Å². The predicted octanol–water partition coefficient (Wildman–Crippen LogP) is 3.24. The minimum absolute atomic E-state index is 0.274. The SMILES string of the molecule is O=C(COc1cc(F)ccc1[N+](=O)[O-])Nc1ccc2c(c1)CCC2. The summed E-state index contributed by atoms with van der Waals surface area (Å²) in [6.07, 6.45) is 3.15. The normalized spacial score (nSPS) is 12.5. The summed E-state index contributed by atoms with van der Waals surface area (Å²) in [5.74, 6) is -1.41. The van der Waals surface area contributed by atoms with E-state index in [1.54, 1.807) is 0 Å². The van der Waals surface area contributed by atoms with Gasteiger partial charge >= 0.3 is 5.69 Å². The Morgan fingerprint density at radius 3 is 2.79 bits per heavy atom. The van der Waals surface area contributed by atoms with Crippen molar-refractivity contribution < 1.29 is 18.8 Å². The predicted molar refractivity (Wildman–Crippen MR) is 85.6 cm³/mol. The molecule has 7 heteroatoms. The highest BCUT2D eigenvalue weighted by Gasteiger charge is 2.17. The molecule has 0 bridgehead atoms. The molecule has 0 fully saturated rings. The molecule has 0 atom stereocenters. The van der Waals surface area contributed by atoms with Crippen LogP contribution in [-0.2, 0) is 17.6 Å². The van der Waals surface area contributed by atoms with Crippen molar-refractivity contribution in [3.63, 3.8) is 0 Å².